The van der Waals surface area contributed by atoms with Gasteiger partial charge in [0.05, 0.1) is 4.91 Å². The molecule has 1 heterocycles. The predicted octanol–water partition coefficient (Wildman–Crippen LogP) is 3.12. The van der Waals surface area contributed by atoms with Gasteiger partial charge in [0.1, 0.15) is 4.99 Å². The van der Waals surface area contributed by atoms with E-state index in [0.29, 0.717) is 4.99 Å². The quantitative estimate of drug-likeness (QED) is 0.599. The fourth-order valence-corrected chi connectivity index (χ4v) is 2.27. The lowest BCUT2D eigenvalue weighted by atomic mass is 10.1. The van der Waals surface area contributed by atoms with Crippen LogP contribution in [0.2, 0.25) is 0 Å². The molecule has 0 bridgehead atoms. The number of carbonyl (C=O) groups excluding carboxylic acids is 1. The van der Waals surface area contributed by atoms with E-state index in [1.165, 1.54) is 5.56 Å². The Morgan fingerprint density at radius 2 is 2.00 bits per heavy atom. The molecule has 0 aliphatic carbocycles. The average Bonchev–Trinajstić information content (AvgIpc) is 2.49. The molecule has 1 aromatic rings. The van der Waals surface area contributed by atoms with E-state index in [0.717, 1.165) is 22.2 Å². The maximum atomic E-state index is 11.0. The topological polar surface area (TPSA) is 29.1 Å². The Hall–Kier alpha value is -1.13. The molecule has 0 spiro atoms. The van der Waals surface area contributed by atoms with Crippen LogP contribution in [0.4, 0.5) is 4.79 Å². The fraction of sp³-hybridized carbons (Fsp3) is 0.0909. The first-order valence-corrected chi connectivity index (χ1v) is 5.69. The number of carbonyl (C=O) groups is 1. The Bertz CT molecular complexity index is 448. The predicted molar refractivity (Wildman–Crippen MR) is 67.9 cm³/mol. The molecule has 0 atom stereocenters. The second kappa shape index (κ2) is 4.16. The van der Waals surface area contributed by atoms with Gasteiger partial charge in [-0.05, 0) is 30.3 Å². The van der Waals surface area contributed by atoms with Crippen LogP contribution in [-0.2, 0) is 0 Å². The maximum absolute atomic E-state index is 11.0. The molecular formula is C11H9NOS2. The number of nitrogens with one attached hydrogen (secondary N) is 1. The lowest BCUT2D eigenvalue weighted by molar-refractivity contribution is 0.265. The van der Waals surface area contributed by atoms with Crippen LogP contribution in [0.1, 0.15) is 11.1 Å². The smallest absolute Gasteiger partial charge is 0.289 e. The first kappa shape index (κ1) is 10.4. The summed E-state index contributed by atoms with van der Waals surface area (Å²) in [7, 11) is 0. The van der Waals surface area contributed by atoms with Gasteiger partial charge in [0, 0.05) is 0 Å². The zero-order valence-corrected chi connectivity index (χ0v) is 9.74. The molecular weight excluding hydrogens is 226 g/mol. The molecule has 1 aliphatic rings. The minimum Gasteiger partial charge on any atom is -0.307 e. The molecule has 2 rings (SSSR count). The number of rotatable bonds is 1. The first-order chi connectivity index (χ1) is 7.15. The monoisotopic (exact) mass is 235 g/mol. The largest absolute Gasteiger partial charge is 0.307 e. The van der Waals surface area contributed by atoms with E-state index in [1.54, 1.807) is 0 Å². The van der Waals surface area contributed by atoms with Crippen molar-refractivity contribution in [2.24, 2.45) is 0 Å². The van der Waals surface area contributed by atoms with Crippen LogP contribution in [0.5, 0.6) is 0 Å². The molecule has 76 valence electrons. The van der Waals surface area contributed by atoms with E-state index in [-0.39, 0.29) is 5.24 Å². The lowest BCUT2D eigenvalue weighted by Gasteiger charge is -1.96. The number of aryl methyl sites for hydroxylation is 1. The molecule has 1 saturated heterocycles. The van der Waals surface area contributed by atoms with Gasteiger partial charge in [-0.15, -0.1) is 0 Å². The van der Waals surface area contributed by atoms with Crippen LogP contribution in [0.25, 0.3) is 6.08 Å². The van der Waals surface area contributed by atoms with Crippen molar-refractivity contribution in [2.45, 2.75) is 6.92 Å². The van der Waals surface area contributed by atoms with E-state index >= 15 is 0 Å². The van der Waals surface area contributed by atoms with E-state index in [9.17, 15) is 4.79 Å². The van der Waals surface area contributed by atoms with Gasteiger partial charge >= 0.3 is 0 Å². The third kappa shape index (κ3) is 2.46. The van der Waals surface area contributed by atoms with Crippen LogP contribution < -0.4 is 5.32 Å². The summed E-state index contributed by atoms with van der Waals surface area (Å²) in [5.41, 5.74) is 2.27. The zero-order chi connectivity index (χ0) is 10.8. The summed E-state index contributed by atoms with van der Waals surface area (Å²) in [5, 5.41) is 2.49. The summed E-state index contributed by atoms with van der Waals surface area (Å²) in [6.07, 6.45) is 1.92. The van der Waals surface area contributed by atoms with Gasteiger partial charge in [0.2, 0.25) is 0 Å². The van der Waals surface area contributed by atoms with Gasteiger partial charge in [-0.2, -0.15) is 0 Å². The van der Waals surface area contributed by atoms with Crippen LogP contribution in [0.15, 0.2) is 29.2 Å². The first-order valence-electron chi connectivity index (χ1n) is 4.47. The Morgan fingerprint density at radius 3 is 2.53 bits per heavy atom. The molecule has 0 unspecified atom stereocenters. The zero-order valence-electron chi connectivity index (χ0n) is 8.11. The van der Waals surface area contributed by atoms with Crippen molar-refractivity contribution in [3.8, 4) is 0 Å². The van der Waals surface area contributed by atoms with Gasteiger partial charge in [-0.1, -0.05) is 42.0 Å². The van der Waals surface area contributed by atoms with Gasteiger partial charge in [0.15, 0.2) is 0 Å². The van der Waals surface area contributed by atoms with Crippen LogP contribution in [0.3, 0.4) is 0 Å². The maximum Gasteiger partial charge on any atom is 0.289 e. The van der Waals surface area contributed by atoms with Crippen molar-refractivity contribution >= 4 is 40.3 Å². The van der Waals surface area contributed by atoms with Crippen LogP contribution in [-0.4, -0.2) is 10.2 Å². The Balaban J connectivity index is 2.27. The summed E-state index contributed by atoms with van der Waals surface area (Å²) in [6, 6.07) is 8.08. The Kier molecular flexibility index (Phi) is 2.88. The molecule has 0 radical (unpaired) electrons. The van der Waals surface area contributed by atoms with Crippen molar-refractivity contribution in [3.63, 3.8) is 0 Å². The summed E-state index contributed by atoms with van der Waals surface area (Å²) in [6.45, 7) is 2.04. The highest BCUT2D eigenvalue weighted by molar-refractivity contribution is 8.19. The normalized spacial score (nSPS) is 18.3. The summed E-state index contributed by atoms with van der Waals surface area (Å²) >= 11 is 6.16. The molecule has 2 nitrogen and oxygen atoms in total. The van der Waals surface area contributed by atoms with Gasteiger partial charge in [0.25, 0.3) is 5.24 Å². The number of thiocarbonyl (C=S) groups is 1. The molecule has 15 heavy (non-hydrogen) atoms. The van der Waals surface area contributed by atoms with Crippen molar-refractivity contribution in [3.05, 3.63) is 40.3 Å². The van der Waals surface area contributed by atoms with E-state index < -0.39 is 0 Å². The van der Waals surface area contributed by atoms with E-state index in [2.05, 4.69) is 5.32 Å². The molecule has 0 aromatic heterocycles. The summed E-state index contributed by atoms with van der Waals surface area (Å²) in [5.74, 6) is 0. The third-order valence-corrected chi connectivity index (χ3v) is 3.30. The molecule has 1 aromatic carbocycles. The SMILES string of the molecule is Cc1ccc(/C=C2\SC(=O)NC2=S)cc1. The Morgan fingerprint density at radius 1 is 1.33 bits per heavy atom. The van der Waals surface area contributed by atoms with Gasteiger partial charge in [-0.3, -0.25) is 4.79 Å². The second-order valence-corrected chi connectivity index (χ2v) is 4.69. The molecule has 4 heteroatoms. The number of thioether (sulfide) groups is 1. The van der Waals surface area contributed by atoms with Crippen molar-refractivity contribution in [1.29, 1.82) is 0 Å². The highest BCUT2D eigenvalue weighted by Crippen LogP contribution is 2.26. The number of amides is 1. The van der Waals surface area contributed by atoms with Gasteiger partial charge in [-0.25, -0.2) is 0 Å². The van der Waals surface area contributed by atoms with Crippen LogP contribution in [0, 0.1) is 6.92 Å². The molecule has 0 saturated carbocycles. The van der Waals surface area contributed by atoms with Gasteiger partial charge < -0.3 is 5.32 Å². The third-order valence-electron chi connectivity index (χ3n) is 2.02. The molecule has 1 fully saturated rings. The fourth-order valence-electron chi connectivity index (χ4n) is 1.24. The van der Waals surface area contributed by atoms with Crippen LogP contribution >= 0.6 is 24.0 Å². The standard InChI is InChI=1S/C11H9NOS2/c1-7-2-4-8(5-3-7)6-9-10(14)12-11(13)15-9/h2-6H,1H3,(H,12,13,14)/b9-6-. The highest BCUT2D eigenvalue weighted by Gasteiger charge is 2.21. The van der Waals surface area contributed by atoms with Crippen molar-refractivity contribution in [2.75, 3.05) is 0 Å². The minimum absolute atomic E-state index is 0.0987. The summed E-state index contributed by atoms with van der Waals surface area (Å²) < 4.78 is 0. The van der Waals surface area contributed by atoms with Crippen molar-refractivity contribution < 1.29 is 4.79 Å². The highest BCUT2D eigenvalue weighted by atomic mass is 32.2. The minimum atomic E-state index is -0.0987. The number of benzene rings is 1. The van der Waals surface area contributed by atoms with Crippen molar-refractivity contribution in [1.82, 2.24) is 5.32 Å². The second-order valence-electron chi connectivity index (χ2n) is 3.26. The summed E-state index contributed by atoms with van der Waals surface area (Å²) in [4.78, 5) is 12.4. The molecule has 1 aliphatic heterocycles. The molecule has 1 amide bonds. The van der Waals surface area contributed by atoms with E-state index in [4.69, 9.17) is 12.2 Å². The average molecular weight is 235 g/mol. The number of hydrogen-bond donors (Lipinski definition) is 1. The Labute approximate surface area is 97.8 Å². The lowest BCUT2D eigenvalue weighted by Crippen LogP contribution is -2.15. The molecule has 1 N–H and O–H groups in total. The number of hydrogen-bond acceptors (Lipinski definition) is 3. The van der Waals surface area contributed by atoms with E-state index in [1.807, 2.05) is 37.3 Å².